The van der Waals surface area contributed by atoms with Crippen LogP contribution in [0, 0.1) is 11.7 Å². The molecule has 1 aromatic heterocycles. The average Bonchev–Trinajstić information content (AvgIpc) is 3.01. The molecule has 2 aliphatic rings. The highest BCUT2D eigenvalue weighted by molar-refractivity contribution is 6.13. The predicted molar refractivity (Wildman–Crippen MR) is 82.9 cm³/mol. The van der Waals surface area contributed by atoms with Crippen molar-refractivity contribution in [1.82, 2.24) is 4.98 Å². The molecule has 3 heterocycles. The Kier molecular flexibility index (Phi) is 4.36. The third-order valence-electron chi connectivity index (χ3n) is 4.05. The van der Waals surface area contributed by atoms with Gasteiger partial charge >= 0.3 is 5.97 Å². The van der Waals surface area contributed by atoms with Gasteiger partial charge < -0.3 is 9.64 Å². The lowest BCUT2D eigenvalue weighted by molar-refractivity contribution is -0.145. The molecule has 0 radical (unpaired) electrons. The molecule has 0 bridgehead atoms. The maximum absolute atomic E-state index is 14.4. The van der Waals surface area contributed by atoms with Crippen molar-refractivity contribution in [2.75, 3.05) is 24.6 Å². The van der Waals surface area contributed by atoms with E-state index in [4.69, 9.17) is 4.74 Å². The summed E-state index contributed by atoms with van der Waals surface area (Å²) in [5.74, 6) is -2.25. The van der Waals surface area contributed by atoms with E-state index in [9.17, 15) is 14.0 Å². The van der Waals surface area contributed by atoms with E-state index in [-0.39, 0.29) is 30.2 Å². The number of esters is 1. The molecule has 1 fully saturated rings. The average molecular weight is 319 g/mol. The van der Waals surface area contributed by atoms with Crippen molar-refractivity contribution in [3.8, 4) is 0 Å². The molecular weight excluding hydrogens is 301 g/mol. The van der Waals surface area contributed by atoms with Crippen molar-refractivity contribution < 1.29 is 18.7 Å². The fraction of sp³-hybridized carbons (Fsp3) is 0.500. The van der Waals surface area contributed by atoms with E-state index < -0.39 is 23.5 Å². The summed E-state index contributed by atoms with van der Waals surface area (Å²) in [5.41, 5.74) is 0.0391. The summed E-state index contributed by atoms with van der Waals surface area (Å²) in [7, 11) is 0. The topological polar surface area (TPSA) is 71.9 Å². The molecule has 0 amide bonds. The molecule has 122 valence electrons. The van der Waals surface area contributed by atoms with Crippen molar-refractivity contribution in [2.24, 2.45) is 10.9 Å². The third-order valence-corrected chi connectivity index (χ3v) is 4.05. The van der Waals surface area contributed by atoms with Crippen molar-refractivity contribution in [3.63, 3.8) is 0 Å². The zero-order chi connectivity index (χ0) is 16.4. The van der Waals surface area contributed by atoms with Crippen LogP contribution in [0.1, 0.15) is 36.5 Å². The minimum atomic E-state index is -0.987. The summed E-state index contributed by atoms with van der Waals surface area (Å²) in [6, 6.07) is 1.15. The lowest BCUT2D eigenvalue weighted by atomic mass is 9.96. The number of anilines is 1. The first-order valence-electron chi connectivity index (χ1n) is 7.80. The molecule has 0 N–H and O–H groups in total. The standard InChI is InChI=1S/C16H18FN3O3/c1-2-23-16(22)10-5-6-18-14-11(13(10)21)9-12(17)15(19-14)20-7-3-4-8-20/h6,9-10H,2-5,7-8H2,1H3. The van der Waals surface area contributed by atoms with E-state index in [0.717, 1.165) is 32.0 Å². The van der Waals surface area contributed by atoms with Gasteiger partial charge in [-0.1, -0.05) is 0 Å². The van der Waals surface area contributed by atoms with Gasteiger partial charge in [-0.15, -0.1) is 0 Å². The third kappa shape index (κ3) is 2.95. The molecule has 2 aliphatic heterocycles. The zero-order valence-electron chi connectivity index (χ0n) is 12.9. The molecule has 1 saturated heterocycles. The van der Waals surface area contributed by atoms with E-state index in [1.54, 1.807) is 6.92 Å². The van der Waals surface area contributed by atoms with Crippen LogP contribution in [-0.4, -0.2) is 42.6 Å². The summed E-state index contributed by atoms with van der Waals surface area (Å²) < 4.78 is 19.3. The molecule has 6 nitrogen and oxygen atoms in total. The second kappa shape index (κ2) is 6.44. The van der Waals surface area contributed by atoms with Crippen LogP contribution in [0.3, 0.4) is 0 Å². The van der Waals surface area contributed by atoms with Gasteiger partial charge in [-0.3, -0.25) is 9.59 Å². The number of ether oxygens (including phenoxy) is 1. The number of hydrogen-bond acceptors (Lipinski definition) is 6. The number of halogens is 1. The first-order valence-corrected chi connectivity index (χ1v) is 7.80. The quantitative estimate of drug-likeness (QED) is 0.631. The minimum absolute atomic E-state index is 0.0391. The van der Waals surface area contributed by atoms with Gasteiger partial charge in [0.15, 0.2) is 23.2 Å². The highest BCUT2D eigenvalue weighted by Gasteiger charge is 2.33. The smallest absolute Gasteiger partial charge is 0.317 e. The molecule has 1 unspecified atom stereocenters. The number of hydrogen-bond donors (Lipinski definition) is 0. The van der Waals surface area contributed by atoms with Crippen molar-refractivity contribution in [2.45, 2.75) is 26.2 Å². The number of carbonyl (C=O) groups excluding carboxylic acids is 2. The Morgan fingerprint density at radius 3 is 2.87 bits per heavy atom. The fourth-order valence-corrected chi connectivity index (χ4v) is 2.89. The monoisotopic (exact) mass is 319 g/mol. The van der Waals surface area contributed by atoms with Crippen molar-refractivity contribution in [3.05, 3.63) is 17.4 Å². The molecule has 1 atom stereocenters. The summed E-state index contributed by atoms with van der Waals surface area (Å²) in [6.07, 6.45) is 3.59. The number of nitrogens with zero attached hydrogens (tertiary/aromatic N) is 3. The SMILES string of the molecule is CCOC(=O)C1CC=Nc2nc(N3CCCC3)c(F)cc2C1=O. The Bertz CT molecular complexity index is 669. The summed E-state index contributed by atoms with van der Waals surface area (Å²) in [4.78, 5) is 34.7. The highest BCUT2D eigenvalue weighted by Crippen LogP contribution is 2.31. The number of aliphatic imine (C=N–C) groups is 1. The second-order valence-electron chi connectivity index (χ2n) is 5.58. The summed E-state index contributed by atoms with van der Waals surface area (Å²) in [5, 5.41) is 0. The van der Waals surface area contributed by atoms with Crippen molar-refractivity contribution in [1.29, 1.82) is 0 Å². The van der Waals surface area contributed by atoms with Crippen LogP contribution in [0.4, 0.5) is 16.0 Å². The van der Waals surface area contributed by atoms with Gasteiger partial charge in [0.2, 0.25) is 0 Å². The Balaban J connectivity index is 1.96. The summed E-state index contributed by atoms with van der Waals surface area (Å²) >= 11 is 0. The number of carbonyl (C=O) groups is 2. The van der Waals surface area contributed by atoms with Gasteiger partial charge in [0.25, 0.3) is 0 Å². The van der Waals surface area contributed by atoms with Crippen LogP contribution >= 0.6 is 0 Å². The Labute approximate surface area is 133 Å². The predicted octanol–water partition coefficient (Wildman–Crippen LogP) is 2.29. The lowest BCUT2D eigenvalue weighted by Crippen LogP contribution is -2.26. The van der Waals surface area contributed by atoms with Gasteiger partial charge in [-0.25, -0.2) is 14.4 Å². The number of pyridine rings is 1. The highest BCUT2D eigenvalue weighted by atomic mass is 19.1. The van der Waals surface area contributed by atoms with E-state index in [1.165, 1.54) is 6.21 Å². The molecule has 0 spiro atoms. The van der Waals surface area contributed by atoms with Crippen LogP contribution in [0.5, 0.6) is 0 Å². The molecule has 23 heavy (non-hydrogen) atoms. The number of rotatable bonds is 3. The largest absolute Gasteiger partial charge is 0.465 e. The number of aromatic nitrogens is 1. The van der Waals surface area contributed by atoms with E-state index in [1.807, 2.05) is 4.90 Å². The Morgan fingerprint density at radius 1 is 1.43 bits per heavy atom. The van der Waals surface area contributed by atoms with Crippen LogP contribution in [0.25, 0.3) is 0 Å². The molecule has 0 aromatic carbocycles. The summed E-state index contributed by atoms with van der Waals surface area (Å²) in [6.45, 7) is 3.34. The van der Waals surface area contributed by atoms with Gasteiger partial charge in [0.1, 0.15) is 5.92 Å². The normalized spacial score (nSPS) is 20.3. The van der Waals surface area contributed by atoms with Crippen LogP contribution in [-0.2, 0) is 9.53 Å². The van der Waals surface area contributed by atoms with E-state index in [0.29, 0.717) is 0 Å². The first-order chi connectivity index (χ1) is 11.1. The molecule has 0 aliphatic carbocycles. The minimum Gasteiger partial charge on any atom is -0.465 e. The van der Waals surface area contributed by atoms with Crippen LogP contribution < -0.4 is 4.90 Å². The second-order valence-corrected chi connectivity index (χ2v) is 5.58. The number of ketones is 1. The van der Waals surface area contributed by atoms with E-state index in [2.05, 4.69) is 9.98 Å². The molecule has 0 saturated carbocycles. The number of fused-ring (bicyclic) bond motifs is 1. The van der Waals surface area contributed by atoms with Gasteiger partial charge in [0.05, 0.1) is 12.2 Å². The maximum atomic E-state index is 14.4. The van der Waals surface area contributed by atoms with E-state index >= 15 is 0 Å². The van der Waals surface area contributed by atoms with Gasteiger partial charge in [-0.05, 0) is 25.8 Å². The molecule has 1 aromatic rings. The Morgan fingerprint density at radius 2 is 2.17 bits per heavy atom. The number of Topliss-reactive ketones (excluding diaryl/α,β-unsaturated/α-hetero) is 1. The fourth-order valence-electron chi connectivity index (χ4n) is 2.89. The van der Waals surface area contributed by atoms with Crippen LogP contribution in [0.2, 0.25) is 0 Å². The molecule has 7 heteroatoms. The lowest BCUT2D eigenvalue weighted by Gasteiger charge is -2.18. The Hall–Kier alpha value is -2.31. The first kappa shape index (κ1) is 15.6. The van der Waals surface area contributed by atoms with Gasteiger partial charge in [-0.2, -0.15) is 0 Å². The van der Waals surface area contributed by atoms with Crippen molar-refractivity contribution >= 4 is 29.6 Å². The maximum Gasteiger partial charge on any atom is 0.317 e. The van der Waals surface area contributed by atoms with Gasteiger partial charge in [0, 0.05) is 25.7 Å². The zero-order valence-corrected chi connectivity index (χ0v) is 12.9. The molecule has 3 rings (SSSR count). The molecular formula is C16H18FN3O3. The van der Waals surface area contributed by atoms with Crippen LogP contribution in [0.15, 0.2) is 11.1 Å².